The number of aromatic nitrogens is 1. The standard InChI is InChI=1S/C11H16N2O4S2/c1-8(19(15,16)11-12-4-6-18-11)10(14)13-7-9-3-2-5-17-9/h4,6,8-9H,2-3,5,7H2,1H3,(H,13,14). The molecule has 19 heavy (non-hydrogen) atoms. The molecule has 1 saturated heterocycles. The van der Waals surface area contributed by atoms with E-state index < -0.39 is 21.0 Å². The highest BCUT2D eigenvalue weighted by molar-refractivity contribution is 7.94. The van der Waals surface area contributed by atoms with Crippen molar-refractivity contribution >= 4 is 27.1 Å². The number of hydrogen-bond acceptors (Lipinski definition) is 6. The molecule has 0 radical (unpaired) electrons. The molecule has 1 aromatic rings. The molecule has 1 aliphatic heterocycles. The lowest BCUT2D eigenvalue weighted by Gasteiger charge is -2.14. The third-order valence-corrected chi connectivity index (χ3v) is 6.30. The summed E-state index contributed by atoms with van der Waals surface area (Å²) in [6, 6.07) is 0. The number of rotatable bonds is 5. The van der Waals surface area contributed by atoms with E-state index >= 15 is 0 Å². The van der Waals surface area contributed by atoms with E-state index in [9.17, 15) is 13.2 Å². The fourth-order valence-electron chi connectivity index (χ4n) is 1.81. The van der Waals surface area contributed by atoms with Crippen molar-refractivity contribution in [2.45, 2.75) is 35.5 Å². The van der Waals surface area contributed by atoms with Gasteiger partial charge in [-0.1, -0.05) is 0 Å². The topological polar surface area (TPSA) is 85.4 Å². The normalized spacial score (nSPS) is 21.2. The molecule has 8 heteroatoms. The molecule has 1 aromatic heterocycles. The van der Waals surface area contributed by atoms with Crippen molar-refractivity contribution in [2.24, 2.45) is 0 Å². The van der Waals surface area contributed by atoms with Gasteiger partial charge in [0.05, 0.1) is 6.10 Å². The van der Waals surface area contributed by atoms with Gasteiger partial charge in [0.25, 0.3) is 0 Å². The summed E-state index contributed by atoms with van der Waals surface area (Å²) in [5.41, 5.74) is 0. The van der Waals surface area contributed by atoms with E-state index in [1.54, 1.807) is 5.38 Å². The molecule has 0 spiro atoms. The van der Waals surface area contributed by atoms with Gasteiger partial charge in [-0.2, -0.15) is 0 Å². The number of hydrogen-bond donors (Lipinski definition) is 1. The number of carbonyl (C=O) groups excluding carboxylic acids is 1. The highest BCUT2D eigenvalue weighted by Crippen LogP contribution is 2.18. The quantitative estimate of drug-likeness (QED) is 0.861. The minimum absolute atomic E-state index is 0.00119. The van der Waals surface area contributed by atoms with Gasteiger partial charge >= 0.3 is 0 Å². The van der Waals surface area contributed by atoms with Gasteiger partial charge in [-0.05, 0) is 19.8 Å². The smallest absolute Gasteiger partial charge is 0.238 e. The van der Waals surface area contributed by atoms with Crippen LogP contribution in [0.3, 0.4) is 0 Å². The van der Waals surface area contributed by atoms with E-state index in [0.29, 0.717) is 13.2 Å². The summed E-state index contributed by atoms with van der Waals surface area (Å²) in [6.07, 6.45) is 3.29. The lowest BCUT2D eigenvalue weighted by molar-refractivity contribution is -0.120. The Labute approximate surface area is 116 Å². The molecule has 2 unspecified atom stereocenters. The highest BCUT2D eigenvalue weighted by Gasteiger charge is 2.32. The number of nitrogens with one attached hydrogen (secondary N) is 1. The molecular weight excluding hydrogens is 288 g/mol. The molecule has 0 aromatic carbocycles. The van der Waals surface area contributed by atoms with Crippen molar-refractivity contribution in [1.82, 2.24) is 10.3 Å². The maximum absolute atomic E-state index is 12.1. The average molecular weight is 304 g/mol. The third kappa shape index (κ3) is 3.31. The van der Waals surface area contributed by atoms with Crippen molar-refractivity contribution < 1.29 is 17.9 Å². The first-order chi connectivity index (χ1) is 9.01. The van der Waals surface area contributed by atoms with Gasteiger partial charge in [0, 0.05) is 24.7 Å². The molecule has 2 heterocycles. The zero-order chi connectivity index (χ0) is 13.9. The molecular formula is C11H16N2O4S2. The van der Waals surface area contributed by atoms with Crippen molar-refractivity contribution in [2.75, 3.05) is 13.2 Å². The maximum atomic E-state index is 12.1. The predicted octanol–water partition coefficient (Wildman–Crippen LogP) is 0.600. The van der Waals surface area contributed by atoms with Crippen LogP contribution in [0.1, 0.15) is 19.8 Å². The van der Waals surface area contributed by atoms with Gasteiger partial charge in [0.1, 0.15) is 5.25 Å². The third-order valence-electron chi connectivity index (χ3n) is 3.02. The van der Waals surface area contributed by atoms with Crippen molar-refractivity contribution in [3.05, 3.63) is 11.6 Å². The van der Waals surface area contributed by atoms with Crippen LogP contribution in [0, 0.1) is 0 Å². The first kappa shape index (κ1) is 14.4. The summed E-state index contributed by atoms with van der Waals surface area (Å²) >= 11 is 1.02. The second kappa shape index (κ2) is 5.98. The molecule has 2 rings (SSSR count). The Morgan fingerprint density at radius 2 is 2.47 bits per heavy atom. The van der Waals surface area contributed by atoms with Crippen LogP contribution in [0.2, 0.25) is 0 Å². The molecule has 1 N–H and O–H groups in total. The van der Waals surface area contributed by atoms with Gasteiger partial charge in [-0.25, -0.2) is 13.4 Å². The first-order valence-electron chi connectivity index (χ1n) is 6.04. The lowest BCUT2D eigenvalue weighted by Crippen LogP contribution is -2.41. The summed E-state index contributed by atoms with van der Waals surface area (Å²) in [4.78, 5) is 15.6. The van der Waals surface area contributed by atoms with E-state index in [-0.39, 0.29) is 10.4 Å². The molecule has 106 valence electrons. The Morgan fingerprint density at radius 1 is 1.68 bits per heavy atom. The Balaban J connectivity index is 1.95. The molecule has 1 fully saturated rings. The monoisotopic (exact) mass is 304 g/mol. The number of amides is 1. The van der Waals surface area contributed by atoms with Crippen LogP contribution in [0.5, 0.6) is 0 Å². The Bertz CT molecular complexity index is 521. The fraction of sp³-hybridized carbons (Fsp3) is 0.636. The Hall–Kier alpha value is -0.990. The van der Waals surface area contributed by atoms with Crippen LogP contribution in [0.25, 0.3) is 0 Å². The zero-order valence-corrected chi connectivity index (χ0v) is 12.2. The van der Waals surface area contributed by atoms with Gasteiger partial charge in [-0.3, -0.25) is 4.79 Å². The summed E-state index contributed by atoms with van der Waals surface area (Å²) in [5, 5.41) is 3.06. The van der Waals surface area contributed by atoms with Crippen molar-refractivity contribution in [3.63, 3.8) is 0 Å². The van der Waals surface area contributed by atoms with E-state index in [2.05, 4.69) is 10.3 Å². The highest BCUT2D eigenvalue weighted by atomic mass is 32.2. The average Bonchev–Trinajstić information content (AvgIpc) is 3.07. The number of sulfone groups is 1. The maximum Gasteiger partial charge on any atom is 0.238 e. The van der Waals surface area contributed by atoms with Crippen LogP contribution in [-0.4, -0.2) is 43.8 Å². The predicted molar refractivity (Wildman–Crippen MR) is 70.7 cm³/mol. The largest absolute Gasteiger partial charge is 0.376 e. The minimum atomic E-state index is -3.69. The number of ether oxygens (including phenoxy) is 1. The summed E-state index contributed by atoms with van der Waals surface area (Å²) in [7, 11) is -3.69. The summed E-state index contributed by atoms with van der Waals surface area (Å²) in [6.45, 7) is 2.44. The van der Waals surface area contributed by atoms with E-state index in [4.69, 9.17) is 4.74 Å². The van der Waals surface area contributed by atoms with E-state index in [0.717, 1.165) is 24.2 Å². The van der Waals surface area contributed by atoms with E-state index in [1.807, 2.05) is 0 Å². The van der Waals surface area contributed by atoms with Crippen LogP contribution in [0.15, 0.2) is 15.9 Å². The van der Waals surface area contributed by atoms with Crippen molar-refractivity contribution in [1.29, 1.82) is 0 Å². The number of carbonyl (C=O) groups is 1. The number of thiazole rings is 1. The van der Waals surface area contributed by atoms with Crippen LogP contribution < -0.4 is 5.32 Å². The SMILES string of the molecule is CC(C(=O)NCC1CCCO1)S(=O)(=O)c1nccs1. The lowest BCUT2D eigenvalue weighted by atomic mass is 10.2. The zero-order valence-electron chi connectivity index (χ0n) is 10.5. The summed E-state index contributed by atoms with van der Waals surface area (Å²) in [5.74, 6) is -0.509. The molecule has 0 aliphatic carbocycles. The van der Waals surface area contributed by atoms with Gasteiger partial charge < -0.3 is 10.1 Å². The summed E-state index contributed by atoms with van der Waals surface area (Å²) < 4.78 is 29.5. The van der Waals surface area contributed by atoms with E-state index in [1.165, 1.54) is 13.1 Å². The Morgan fingerprint density at radius 3 is 3.05 bits per heavy atom. The number of nitrogens with zero attached hydrogens (tertiary/aromatic N) is 1. The minimum Gasteiger partial charge on any atom is -0.376 e. The van der Waals surface area contributed by atoms with Crippen molar-refractivity contribution in [3.8, 4) is 0 Å². The first-order valence-corrected chi connectivity index (χ1v) is 8.47. The second-order valence-electron chi connectivity index (χ2n) is 4.37. The fourth-order valence-corrected chi connectivity index (χ4v) is 4.18. The van der Waals surface area contributed by atoms with Crippen LogP contribution in [-0.2, 0) is 19.4 Å². The van der Waals surface area contributed by atoms with Crippen LogP contribution >= 0.6 is 11.3 Å². The molecule has 2 atom stereocenters. The second-order valence-corrected chi connectivity index (χ2v) is 7.70. The molecule has 0 saturated carbocycles. The molecule has 0 bridgehead atoms. The molecule has 1 amide bonds. The molecule has 6 nitrogen and oxygen atoms in total. The molecule has 1 aliphatic rings. The van der Waals surface area contributed by atoms with Gasteiger partial charge in [0.15, 0.2) is 0 Å². The van der Waals surface area contributed by atoms with Crippen LogP contribution in [0.4, 0.5) is 0 Å². The van der Waals surface area contributed by atoms with Gasteiger partial charge in [-0.15, -0.1) is 11.3 Å². The Kier molecular flexibility index (Phi) is 4.54. The van der Waals surface area contributed by atoms with Gasteiger partial charge in [0.2, 0.25) is 20.1 Å².